The zero-order valence-corrected chi connectivity index (χ0v) is 18.6. The van der Waals surface area contributed by atoms with Gasteiger partial charge in [0, 0.05) is 0 Å². The molecule has 11 nitrogen and oxygen atoms in total. The van der Waals surface area contributed by atoms with Crippen molar-refractivity contribution in [2.75, 3.05) is 24.3 Å². The maximum atomic E-state index is 13.3. The lowest BCUT2D eigenvalue weighted by Crippen LogP contribution is -2.60. The van der Waals surface area contributed by atoms with Crippen molar-refractivity contribution in [2.24, 2.45) is 10.7 Å². The van der Waals surface area contributed by atoms with Crippen molar-refractivity contribution in [2.45, 2.75) is 37.3 Å². The van der Waals surface area contributed by atoms with E-state index in [1.54, 1.807) is 0 Å². The van der Waals surface area contributed by atoms with Crippen molar-refractivity contribution < 1.29 is 45.3 Å². The number of nitrogen functional groups attached to an aromatic ring is 1. The molecule has 1 amide bonds. The first-order valence-electron chi connectivity index (χ1n) is 9.87. The van der Waals surface area contributed by atoms with Gasteiger partial charge in [0.1, 0.15) is 17.2 Å². The zero-order chi connectivity index (χ0) is 26.9. The molecule has 0 bridgehead atoms. The van der Waals surface area contributed by atoms with Crippen molar-refractivity contribution in [3.8, 4) is 11.8 Å². The number of carbonyl (C=O) groups is 1. The summed E-state index contributed by atoms with van der Waals surface area (Å²) in [5.41, 5.74) is 7.07. The van der Waals surface area contributed by atoms with E-state index in [9.17, 15) is 31.1 Å². The number of ether oxygens (including phenoxy) is 3. The van der Waals surface area contributed by atoms with Crippen LogP contribution in [0.5, 0.6) is 11.8 Å². The highest BCUT2D eigenvalue weighted by Crippen LogP contribution is 2.40. The molecule has 196 valence electrons. The van der Waals surface area contributed by atoms with Crippen LogP contribution in [0.3, 0.4) is 0 Å². The van der Waals surface area contributed by atoms with E-state index >= 15 is 0 Å². The van der Waals surface area contributed by atoms with Gasteiger partial charge in [-0.1, -0.05) is 6.07 Å². The van der Waals surface area contributed by atoms with Gasteiger partial charge in [0.2, 0.25) is 11.5 Å². The Morgan fingerprint density at radius 1 is 1.17 bits per heavy atom. The number of amidine groups is 1. The summed E-state index contributed by atoms with van der Waals surface area (Å²) in [6.07, 6.45) is -9.79. The molecule has 3 heterocycles. The van der Waals surface area contributed by atoms with Gasteiger partial charge in [-0.15, -0.1) is 0 Å². The summed E-state index contributed by atoms with van der Waals surface area (Å²) in [5.74, 6) is -2.49. The van der Waals surface area contributed by atoms with Gasteiger partial charge in [-0.25, -0.2) is 14.8 Å². The van der Waals surface area contributed by atoms with Crippen molar-refractivity contribution in [3.63, 3.8) is 0 Å². The average Bonchev–Trinajstić information content (AvgIpc) is 2.76. The summed E-state index contributed by atoms with van der Waals surface area (Å²) >= 11 is 0. The number of nitrogens with two attached hydrogens (primary N) is 2. The highest BCUT2D eigenvalue weighted by atomic mass is 19.4. The minimum Gasteiger partial charge on any atom is -0.467 e. The van der Waals surface area contributed by atoms with Crippen LogP contribution >= 0.6 is 0 Å². The van der Waals surface area contributed by atoms with Crippen LogP contribution in [0.25, 0.3) is 0 Å². The highest BCUT2D eigenvalue weighted by Gasteiger charge is 2.59. The molecule has 2 aromatic heterocycles. The third-order valence-electron chi connectivity index (χ3n) is 4.88. The topological polar surface area (TPSA) is 160 Å². The van der Waals surface area contributed by atoms with Gasteiger partial charge >= 0.3 is 18.4 Å². The van der Waals surface area contributed by atoms with Crippen LogP contribution in [0.15, 0.2) is 29.4 Å². The molecule has 3 rings (SSSR count). The Bertz CT molecular complexity index is 1180. The van der Waals surface area contributed by atoms with Crippen LogP contribution in [0, 0.1) is 0 Å². The van der Waals surface area contributed by atoms with E-state index in [0.29, 0.717) is 0 Å². The van der Waals surface area contributed by atoms with Crippen LogP contribution in [0.2, 0.25) is 0 Å². The maximum absolute atomic E-state index is 13.3. The van der Waals surface area contributed by atoms with Crippen LogP contribution < -0.4 is 26.3 Å². The molecule has 0 saturated carbocycles. The molecule has 2 aromatic rings. The van der Waals surface area contributed by atoms with Gasteiger partial charge in [-0.2, -0.15) is 31.3 Å². The van der Waals surface area contributed by atoms with Crippen LogP contribution in [-0.2, 0) is 10.3 Å². The highest BCUT2D eigenvalue weighted by molar-refractivity contribution is 5.90. The Morgan fingerprint density at radius 2 is 1.86 bits per heavy atom. The summed E-state index contributed by atoms with van der Waals surface area (Å²) in [6, 6.07) is 4.22. The number of aliphatic imine (C=N–C) groups is 1. The predicted molar refractivity (Wildman–Crippen MR) is 111 cm³/mol. The lowest BCUT2D eigenvalue weighted by Gasteiger charge is -2.40. The van der Waals surface area contributed by atoms with Gasteiger partial charge in [0.25, 0.3) is 5.88 Å². The number of nitrogens with one attached hydrogen (secondary N) is 1. The molecule has 5 N–H and O–H groups in total. The molecule has 0 aromatic carbocycles. The molecule has 1 aliphatic heterocycles. The largest absolute Gasteiger partial charge is 0.467 e. The zero-order valence-electron chi connectivity index (χ0n) is 18.6. The SMILES string of the molecule is CC1(c2cccc(NC(=O)Oc3ncc(OCC(F)(F)F)nc3N)n2)COC(C)(C(F)(F)F)C(N)=N1. The molecule has 2 atom stereocenters. The molecule has 0 aliphatic carbocycles. The maximum Gasteiger partial charge on any atom is 0.424 e. The molecule has 0 spiro atoms. The third kappa shape index (κ3) is 5.84. The number of aromatic nitrogens is 3. The molecule has 17 heteroatoms. The summed E-state index contributed by atoms with van der Waals surface area (Å²) in [6.45, 7) is 0.0633. The van der Waals surface area contributed by atoms with Gasteiger partial charge < -0.3 is 25.7 Å². The molecule has 0 saturated heterocycles. The Hall–Kier alpha value is -3.89. The van der Waals surface area contributed by atoms with E-state index in [1.807, 2.05) is 0 Å². The Labute approximate surface area is 198 Å². The Kier molecular flexibility index (Phi) is 6.89. The number of rotatable bonds is 5. The average molecular weight is 523 g/mol. The number of nitrogens with zero attached hydrogens (tertiary/aromatic N) is 4. The second-order valence-electron chi connectivity index (χ2n) is 7.82. The normalized spacial score (nSPS) is 22.5. The van der Waals surface area contributed by atoms with Crippen molar-refractivity contribution in [1.29, 1.82) is 0 Å². The number of halogens is 6. The van der Waals surface area contributed by atoms with E-state index in [4.69, 9.17) is 20.9 Å². The fourth-order valence-electron chi connectivity index (χ4n) is 2.82. The number of anilines is 2. The van der Waals surface area contributed by atoms with E-state index in [1.165, 1.54) is 25.1 Å². The van der Waals surface area contributed by atoms with Gasteiger partial charge in [-0.3, -0.25) is 10.3 Å². The molecule has 2 unspecified atom stereocenters. The number of pyridine rings is 1. The molecule has 36 heavy (non-hydrogen) atoms. The minimum atomic E-state index is -4.80. The monoisotopic (exact) mass is 523 g/mol. The summed E-state index contributed by atoms with van der Waals surface area (Å²) in [4.78, 5) is 27.4. The predicted octanol–water partition coefficient (Wildman–Crippen LogP) is 2.93. The number of amides is 1. The van der Waals surface area contributed by atoms with Gasteiger partial charge in [-0.05, 0) is 26.0 Å². The quantitative estimate of drug-likeness (QED) is 0.501. The molecular weight excluding hydrogens is 504 g/mol. The minimum absolute atomic E-state index is 0.0895. The van der Waals surface area contributed by atoms with E-state index < -0.39 is 66.2 Å². The lowest BCUT2D eigenvalue weighted by atomic mass is 9.93. The fraction of sp³-hybridized carbons (Fsp3) is 0.421. The summed E-state index contributed by atoms with van der Waals surface area (Å²) in [7, 11) is 0. The summed E-state index contributed by atoms with van der Waals surface area (Å²) < 4.78 is 90.9. The van der Waals surface area contributed by atoms with Crippen molar-refractivity contribution in [3.05, 3.63) is 30.1 Å². The molecular formula is C19H19F6N7O4. The number of hydrogen-bond donors (Lipinski definition) is 3. The Balaban J connectivity index is 1.71. The smallest absolute Gasteiger partial charge is 0.424 e. The van der Waals surface area contributed by atoms with E-state index in [-0.39, 0.29) is 11.5 Å². The van der Waals surface area contributed by atoms with Crippen LogP contribution in [-0.4, -0.2) is 58.0 Å². The first-order valence-corrected chi connectivity index (χ1v) is 9.87. The summed E-state index contributed by atoms with van der Waals surface area (Å²) in [5, 5.41) is 2.25. The van der Waals surface area contributed by atoms with Crippen LogP contribution in [0.4, 0.5) is 42.8 Å². The van der Waals surface area contributed by atoms with Crippen molar-refractivity contribution in [1.82, 2.24) is 15.0 Å². The second-order valence-corrected chi connectivity index (χ2v) is 7.82. The Morgan fingerprint density at radius 3 is 2.44 bits per heavy atom. The van der Waals surface area contributed by atoms with Gasteiger partial charge in [0.05, 0.1) is 18.5 Å². The first kappa shape index (κ1) is 26.7. The van der Waals surface area contributed by atoms with Crippen LogP contribution in [0.1, 0.15) is 19.5 Å². The number of hydrogen-bond acceptors (Lipinski definition) is 10. The fourth-order valence-corrected chi connectivity index (χ4v) is 2.82. The second kappa shape index (κ2) is 9.29. The third-order valence-corrected chi connectivity index (χ3v) is 4.88. The standard InChI is InChI=1S/C19H19F6N7O4/c1-16(7-35-17(2,14(27)32-16)19(23,24)25)9-4-3-5-10(29-9)30-15(33)36-13-12(26)31-11(6-28-13)34-8-18(20,21)22/h3-6H,7-8H2,1-2H3,(H2,26,31)(H2,27,32)(H,29,30,33). The van der Waals surface area contributed by atoms with Gasteiger partial charge in [0.15, 0.2) is 12.4 Å². The van der Waals surface area contributed by atoms with E-state index in [0.717, 1.165) is 13.1 Å². The van der Waals surface area contributed by atoms with E-state index in [2.05, 4.69) is 30.0 Å². The number of alkyl halides is 6. The first-order chi connectivity index (χ1) is 16.5. The lowest BCUT2D eigenvalue weighted by molar-refractivity contribution is -0.249. The van der Waals surface area contributed by atoms with Crippen molar-refractivity contribution >= 4 is 23.6 Å². The molecule has 0 fully saturated rings. The molecule has 0 radical (unpaired) electrons. The number of carbonyl (C=O) groups excluding carboxylic acids is 1. The molecule has 1 aliphatic rings.